The SMILES string of the molecule is C[C@@H](c1cccc2c1CC[C@@H]1[C@@H]2[C@H]2O[C@H]2[C@@]2(O)CC=CC(=O)[C@]12C)[C@@H]1C[C@]2(C)O[C@]2(C)[C@H](O)O1. The molecule has 1 aromatic carbocycles. The van der Waals surface area contributed by atoms with Crippen molar-refractivity contribution in [2.75, 3.05) is 0 Å². The van der Waals surface area contributed by atoms with Gasteiger partial charge in [0.2, 0.25) is 0 Å². The molecule has 182 valence electrons. The molecule has 3 saturated heterocycles. The molecule has 1 aromatic rings. The normalized spacial score (nSPS) is 53.1. The summed E-state index contributed by atoms with van der Waals surface area (Å²) in [6, 6.07) is 6.48. The van der Waals surface area contributed by atoms with E-state index in [4.69, 9.17) is 14.2 Å². The molecule has 6 nitrogen and oxygen atoms in total. The lowest BCUT2D eigenvalue weighted by atomic mass is 9.47. The Morgan fingerprint density at radius 3 is 2.74 bits per heavy atom. The van der Waals surface area contributed by atoms with E-state index in [1.54, 1.807) is 6.08 Å². The Labute approximate surface area is 200 Å². The number of allylic oxidation sites excluding steroid dienone is 1. The van der Waals surface area contributed by atoms with Crippen LogP contribution in [0, 0.1) is 11.3 Å². The Morgan fingerprint density at radius 1 is 1.18 bits per heavy atom. The summed E-state index contributed by atoms with van der Waals surface area (Å²) in [5.74, 6) is 0.276. The smallest absolute Gasteiger partial charge is 0.186 e. The first-order chi connectivity index (χ1) is 16.1. The summed E-state index contributed by atoms with van der Waals surface area (Å²) >= 11 is 0. The highest BCUT2D eigenvalue weighted by Crippen LogP contribution is 2.67. The van der Waals surface area contributed by atoms with Gasteiger partial charge in [0.1, 0.15) is 22.9 Å². The number of aliphatic hydroxyl groups is 2. The average Bonchev–Trinajstić information content (AvgIpc) is 3.70. The highest BCUT2D eigenvalue weighted by Gasteiger charge is 2.75. The number of benzene rings is 1. The second-order valence-corrected chi connectivity index (χ2v) is 12.2. The minimum atomic E-state index is -1.12. The van der Waals surface area contributed by atoms with E-state index in [1.807, 2.05) is 19.9 Å². The second-order valence-electron chi connectivity index (χ2n) is 12.2. The van der Waals surface area contributed by atoms with Crippen molar-refractivity contribution in [2.24, 2.45) is 11.3 Å². The van der Waals surface area contributed by atoms with Gasteiger partial charge in [-0.25, -0.2) is 0 Å². The highest BCUT2D eigenvalue weighted by atomic mass is 16.7. The van der Waals surface area contributed by atoms with Gasteiger partial charge in [-0.3, -0.25) is 4.79 Å². The zero-order chi connectivity index (χ0) is 23.8. The number of hydrogen-bond donors (Lipinski definition) is 2. The van der Waals surface area contributed by atoms with Crippen LogP contribution >= 0.6 is 0 Å². The maximum absolute atomic E-state index is 13.2. The van der Waals surface area contributed by atoms with E-state index in [2.05, 4.69) is 32.0 Å². The van der Waals surface area contributed by atoms with E-state index in [1.165, 1.54) is 16.7 Å². The zero-order valence-corrected chi connectivity index (χ0v) is 20.3. The molecule has 3 aliphatic carbocycles. The first-order valence-electron chi connectivity index (χ1n) is 12.8. The molecule has 0 radical (unpaired) electrons. The lowest BCUT2D eigenvalue weighted by molar-refractivity contribution is -0.187. The standard InChI is InChI=1S/C28H34O6/c1-14(19-13-25(2)27(4,34-25)24(30)32-19)15-7-5-8-17-16(15)10-11-18-21(17)22-23(33-22)28(31)12-6-9-20(29)26(18,28)3/h5-9,14,18-19,21-24,30-31H,10-13H2,1-4H3/t14-,18+,19-,21+,22+,23+,24+,25-,26-,27+,28-/m0/s1. The lowest BCUT2D eigenvalue weighted by Gasteiger charge is -2.55. The summed E-state index contributed by atoms with van der Waals surface area (Å²) in [6.45, 7) is 8.13. The van der Waals surface area contributed by atoms with Crippen LogP contribution in [-0.2, 0) is 25.4 Å². The molecule has 6 heteroatoms. The topological polar surface area (TPSA) is 91.8 Å². The van der Waals surface area contributed by atoms with Crippen LogP contribution < -0.4 is 0 Å². The average molecular weight is 467 g/mol. The van der Waals surface area contributed by atoms with Crippen molar-refractivity contribution in [2.45, 2.75) is 107 Å². The summed E-state index contributed by atoms with van der Waals surface area (Å²) in [7, 11) is 0. The number of carbonyl (C=O) groups excluding carboxylic acids is 1. The van der Waals surface area contributed by atoms with Crippen LogP contribution in [0.25, 0.3) is 0 Å². The zero-order valence-electron chi connectivity index (χ0n) is 20.3. The minimum Gasteiger partial charge on any atom is -0.386 e. The predicted octanol–water partition coefficient (Wildman–Crippen LogP) is 3.14. The fourth-order valence-electron chi connectivity index (χ4n) is 8.26. The monoisotopic (exact) mass is 466 g/mol. The van der Waals surface area contributed by atoms with Gasteiger partial charge in [0, 0.05) is 18.3 Å². The number of rotatable bonds is 2. The lowest BCUT2D eigenvalue weighted by Crippen LogP contribution is -2.65. The third kappa shape index (κ3) is 2.37. The van der Waals surface area contributed by atoms with Gasteiger partial charge in [-0.05, 0) is 68.7 Å². The van der Waals surface area contributed by atoms with E-state index in [-0.39, 0.29) is 47.4 Å². The van der Waals surface area contributed by atoms with Gasteiger partial charge in [0.05, 0.1) is 17.6 Å². The Hall–Kier alpha value is -1.57. The fourth-order valence-corrected chi connectivity index (χ4v) is 8.26. The van der Waals surface area contributed by atoms with E-state index in [0.717, 1.165) is 19.3 Å². The molecule has 0 amide bonds. The van der Waals surface area contributed by atoms with Crippen LogP contribution in [-0.4, -0.2) is 57.4 Å². The van der Waals surface area contributed by atoms with Crippen molar-refractivity contribution < 1.29 is 29.2 Å². The van der Waals surface area contributed by atoms with E-state index >= 15 is 0 Å². The first kappa shape index (κ1) is 21.7. The van der Waals surface area contributed by atoms with Gasteiger partial charge in [-0.2, -0.15) is 0 Å². The number of ketones is 1. The Kier molecular flexibility index (Phi) is 4.08. The molecule has 11 atom stereocenters. The van der Waals surface area contributed by atoms with E-state index in [0.29, 0.717) is 6.42 Å². The molecule has 3 aliphatic heterocycles. The third-order valence-electron chi connectivity index (χ3n) is 10.8. The first-order valence-corrected chi connectivity index (χ1v) is 12.8. The maximum Gasteiger partial charge on any atom is 0.186 e. The summed E-state index contributed by atoms with van der Waals surface area (Å²) in [5.41, 5.74) is 0.920. The number of epoxide rings is 2. The molecule has 3 heterocycles. The van der Waals surface area contributed by atoms with Crippen molar-refractivity contribution in [3.63, 3.8) is 0 Å². The van der Waals surface area contributed by atoms with Crippen molar-refractivity contribution in [1.82, 2.24) is 0 Å². The summed E-state index contributed by atoms with van der Waals surface area (Å²) < 4.78 is 18.2. The number of fused-ring (bicyclic) bond motifs is 9. The van der Waals surface area contributed by atoms with Crippen LogP contribution in [0.1, 0.15) is 75.5 Å². The second kappa shape index (κ2) is 6.40. The van der Waals surface area contributed by atoms with Crippen LogP contribution in [0.5, 0.6) is 0 Å². The molecule has 1 saturated carbocycles. The molecule has 0 unspecified atom stereocenters. The van der Waals surface area contributed by atoms with Gasteiger partial charge in [-0.1, -0.05) is 31.2 Å². The highest BCUT2D eigenvalue weighted by molar-refractivity contribution is 5.97. The molecule has 0 aromatic heterocycles. The quantitative estimate of drug-likeness (QED) is 0.651. The predicted molar refractivity (Wildman–Crippen MR) is 123 cm³/mol. The van der Waals surface area contributed by atoms with Crippen LogP contribution in [0.2, 0.25) is 0 Å². The van der Waals surface area contributed by atoms with Gasteiger partial charge in [0.25, 0.3) is 0 Å². The van der Waals surface area contributed by atoms with Gasteiger partial charge < -0.3 is 24.4 Å². The Balaban J connectivity index is 1.25. The molecule has 4 fully saturated rings. The Morgan fingerprint density at radius 2 is 1.97 bits per heavy atom. The maximum atomic E-state index is 13.2. The number of ether oxygens (including phenoxy) is 3. The van der Waals surface area contributed by atoms with Gasteiger partial charge >= 0.3 is 0 Å². The van der Waals surface area contributed by atoms with Crippen molar-refractivity contribution in [3.8, 4) is 0 Å². The number of carbonyl (C=O) groups is 1. The van der Waals surface area contributed by atoms with E-state index < -0.39 is 22.9 Å². The van der Waals surface area contributed by atoms with Gasteiger partial charge in [-0.15, -0.1) is 0 Å². The minimum absolute atomic E-state index is 0.0310. The summed E-state index contributed by atoms with van der Waals surface area (Å²) in [5, 5.41) is 22.3. The van der Waals surface area contributed by atoms with Crippen LogP contribution in [0.4, 0.5) is 0 Å². The molecule has 7 rings (SSSR count). The van der Waals surface area contributed by atoms with Crippen molar-refractivity contribution in [3.05, 3.63) is 47.0 Å². The van der Waals surface area contributed by atoms with Crippen LogP contribution in [0.15, 0.2) is 30.4 Å². The van der Waals surface area contributed by atoms with Crippen molar-refractivity contribution in [1.29, 1.82) is 0 Å². The molecule has 0 bridgehead atoms. The van der Waals surface area contributed by atoms with E-state index in [9.17, 15) is 15.0 Å². The van der Waals surface area contributed by atoms with Crippen molar-refractivity contribution >= 4 is 5.78 Å². The molecule has 34 heavy (non-hydrogen) atoms. The summed E-state index contributed by atoms with van der Waals surface area (Å²) in [6.07, 6.45) is 5.02. The number of aliphatic hydroxyl groups excluding tert-OH is 1. The molecule has 6 aliphatic rings. The third-order valence-corrected chi connectivity index (χ3v) is 10.8. The largest absolute Gasteiger partial charge is 0.386 e. The molecular formula is C28H34O6. The van der Waals surface area contributed by atoms with Crippen LogP contribution in [0.3, 0.4) is 0 Å². The number of hydrogen-bond acceptors (Lipinski definition) is 6. The van der Waals surface area contributed by atoms with Gasteiger partial charge in [0.15, 0.2) is 12.1 Å². The fraction of sp³-hybridized carbons (Fsp3) is 0.679. The molecular weight excluding hydrogens is 432 g/mol. The summed E-state index contributed by atoms with van der Waals surface area (Å²) in [4.78, 5) is 13.2. The molecule has 2 N–H and O–H groups in total. The Bertz CT molecular complexity index is 1130. The molecule has 0 spiro atoms.